The van der Waals surface area contributed by atoms with Crippen molar-refractivity contribution in [2.45, 2.75) is 12.1 Å². The minimum Gasteiger partial charge on any atom is -0.465 e. The van der Waals surface area contributed by atoms with Crippen molar-refractivity contribution in [2.24, 2.45) is 0 Å². The van der Waals surface area contributed by atoms with E-state index in [0.717, 1.165) is 0 Å². The molecule has 14 heavy (non-hydrogen) atoms. The van der Waals surface area contributed by atoms with Crippen LogP contribution in [0.25, 0.3) is 0 Å². The lowest BCUT2D eigenvalue weighted by Crippen LogP contribution is -2.55. The highest BCUT2D eigenvalue weighted by molar-refractivity contribution is 5.78. The van der Waals surface area contributed by atoms with E-state index in [1.807, 2.05) is 0 Å². The third kappa shape index (κ3) is 2.21. The van der Waals surface area contributed by atoms with Crippen LogP contribution in [0.5, 0.6) is 0 Å². The van der Waals surface area contributed by atoms with Gasteiger partial charge in [-0.15, -0.1) is 0 Å². The lowest BCUT2D eigenvalue weighted by molar-refractivity contribution is -0.317. The molecule has 84 valence electrons. The predicted molar refractivity (Wildman–Crippen MR) is 46.6 cm³/mol. The molecule has 0 saturated heterocycles. The van der Waals surface area contributed by atoms with Crippen molar-refractivity contribution in [1.29, 1.82) is 0 Å². The van der Waals surface area contributed by atoms with Crippen molar-refractivity contribution >= 4 is 5.97 Å². The molecule has 0 aliphatic rings. The van der Waals surface area contributed by atoms with Gasteiger partial charge in [-0.3, -0.25) is 0 Å². The Hall–Kier alpha value is -0.690. The first-order chi connectivity index (χ1) is 6.62. The zero-order valence-corrected chi connectivity index (χ0v) is 9.03. The fourth-order valence-corrected chi connectivity index (χ4v) is 1.09. The molecule has 0 rings (SSSR count). The van der Waals surface area contributed by atoms with E-state index in [9.17, 15) is 4.79 Å². The van der Waals surface area contributed by atoms with Gasteiger partial charge in [0.15, 0.2) is 0 Å². The third-order valence-corrected chi connectivity index (χ3v) is 1.81. The molecule has 0 aliphatic heterocycles. The van der Waals surface area contributed by atoms with Crippen LogP contribution in [0.1, 0.15) is 0 Å². The maximum absolute atomic E-state index is 11.4. The molecule has 0 amide bonds. The van der Waals surface area contributed by atoms with Gasteiger partial charge in [0, 0.05) is 28.4 Å². The summed E-state index contributed by atoms with van der Waals surface area (Å²) < 4.78 is 24.2. The van der Waals surface area contributed by atoms with Crippen LogP contribution in [0.4, 0.5) is 0 Å². The van der Waals surface area contributed by atoms with Crippen molar-refractivity contribution in [3.05, 3.63) is 0 Å². The monoisotopic (exact) mass is 208 g/mol. The Balaban J connectivity index is 4.93. The molecule has 0 aromatic rings. The third-order valence-electron chi connectivity index (χ3n) is 1.81. The van der Waals surface area contributed by atoms with Crippen LogP contribution in [0.2, 0.25) is 0 Å². The smallest absolute Gasteiger partial charge is 0.372 e. The average molecular weight is 208 g/mol. The van der Waals surface area contributed by atoms with Gasteiger partial charge in [0.2, 0.25) is 6.29 Å². The molecule has 0 bridgehead atoms. The first-order valence-electron chi connectivity index (χ1n) is 3.87. The fraction of sp³-hybridized carbons (Fsp3) is 0.875. The van der Waals surface area contributed by atoms with E-state index in [2.05, 4.69) is 4.74 Å². The number of ether oxygens (including phenoxy) is 5. The molecule has 0 fully saturated rings. The van der Waals surface area contributed by atoms with E-state index >= 15 is 0 Å². The maximum Gasteiger partial charge on any atom is 0.372 e. The number of carbonyl (C=O) groups is 1. The van der Waals surface area contributed by atoms with Gasteiger partial charge in [-0.2, -0.15) is 0 Å². The van der Waals surface area contributed by atoms with Gasteiger partial charge in [0.1, 0.15) is 0 Å². The van der Waals surface area contributed by atoms with Crippen molar-refractivity contribution in [3.63, 3.8) is 0 Å². The molecule has 0 heterocycles. The summed E-state index contributed by atoms with van der Waals surface area (Å²) in [6.45, 7) is 0. The molecule has 0 aromatic heterocycles. The molecule has 0 aliphatic carbocycles. The van der Waals surface area contributed by atoms with Gasteiger partial charge >= 0.3 is 11.8 Å². The Morgan fingerprint density at radius 2 is 1.43 bits per heavy atom. The highest BCUT2D eigenvalue weighted by atomic mass is 16.8. The highest BCUT2D eigenvalue weighted by Gasteiger charge is 2.49. The topological polar surface area (TPSA) is 63.2 Å². The summed E-state index contributed by atoms with van der Waals surface area (Å²) in [7, 11) is 6.54. The molecule has 0 saturated carbocycles. The molecule has 0 radical (unpaired) electrons. The number of rotatable bonds is 6. The molecule has 6 heteroatoms. The largest absolute Gasteiger partial charge is 0.465 e. The van der Waals surface area contributed by atoms with E-state index in [4.69, 9.17) is 18.9 Å². The Kier molecular flexibility index (Phi) is 5.63. The summed E-state index contributed by atoms with van der Waals surface area (Å²) in [6, 6.07) is 0. The van der Waals surface area contributed by atoms with Crippen LogP contribution < -0.4 is 0 Å². The second kappa shape index (κ2) is 5.92. The van der Waals surface area contributed by atoms with Crippen LogP contribution in [0.3, 0.4) is 0 Å². The molecule has 0 unspecified atom stereocenters. The van der Waals surface area contributed by atoms with Crippen LogP contribution in [0.15, 0.2) is 0 Å². The van der Waals surface area contributed by atoms with Gasteiger partial charge in [-0.25, -0.2) is 4.79 Å². The Labute approximate surface area is 83.0 Å². The molecular weight excluding hydrogens is 192 g/mol. The van der Waals surface area contributed by atoms with Crippen molar-refractivity contribution in [1.82, 2.24) is 0 Å². The van der Waals surface area contributed by atoms with Crippen LogP contribution >= 0.6 is 0 Å². The summed E-state index contributed by atoms with van der Waals surface area (Å²) >= 11 is 0. The molecule has 0 spiro atoms. The minimum atomic E-state index is -1.70. The van der Waals surface area contributed by atoms with Crippen molar-refractivity contribution < 1.29 is 28.5 Å². The van der Waals surface area contributed by atoms with Crippen molar-refractivity contribution in [2.75, 3.05) is 35.5 Å². The van der Waals surface area contributed by atoms with Gasteiger partial charge in [0.25, 0.3) is 0 Å². The van der Waals surface area contributed by atoms with E-state index in [1.54, 1.807) is 0 Å². The molecule has 0 aromatic carbocycles. The van der Waals surface area contributed by atoms with Gasteiger partial charge < -0.3 is 23.7 Å². The normalized spacial score (nSPS) is 11.9. The van der Waals surface area contributed by atoms with Crippen molar-refractivity contribution in [3.8, 4) is 0 Å². The molecular formula is C8H16O6. The van der Waals surface area contributed by atoms with Crippen LogP contribution in [0, 0.1) is 0 Å². The lowest BCUT2D eigenvalue weighted by Gasteiger charge is -2.32. The maximum atomic E-state index is 11.4. The summed E-state index contributed by atoms with van der Waals surface area (Å²) in [5.74, 6) is -2.42. The second-order valence-electron chi connectivity index (χ2n) is 2.37. The van der Waals surface area contributed by atoms with Gasteiger partial charge in [-0.05, 0) is 0 Å². The first kappa shape index (κ1) is 13.3. The zero-order chi connectivity index (χ0) is 11.2. The van der Waals surface area contributed by atoms with E-state index < -0.39 is 18.0 Å². The van der Waals surface area contributed by atoms with E-state index in [0.29, 0.717) is 0 Å². The predicted octanol–water partition coefficient (Wildman–Crippen LogP) is -0.233. The van der Waals surface area contributed by atoms with Crippen LogP contribution in [-0.4, -0.2) is 53.6 Å². The minimum absolute atomic E-state index is 0.726. The fourth-order valence-electron chi connectivity index (χ4n) is 1.09. The summed E-state index contributed by atoms with van der Waals surface area (Å²) in [5, 5.41) is 0. The first-order valence-corrected chi connectivity index (χ1v) is 3.87. The Morgan fingerprint density at radius 1 is 1.00 bits per heavy atom. The average Bonchev–Trinajstić information content (AvgIpc) is 2.25. The van der Waals surface area contributed by atoms with Gasteiger partial charge in [-0.1, -0.05) is 0 Å². The molecule has 0 N–H and O–H groups in total. The van der Waals surface area contributed by atoms with E-state index in [-0.39, 0.29) is 0 Å². The lowest BCUT2D eigenvalue weighted by atomic mass is 10.2. The summed E-state index contributed by atoms with van der Waals surface area (Å²) in [6.07, 6.45) is -0.995. The zero-order valence-electron chi connectivity index (χ0n) is 9.03. The van der Waals surface area contributed by atoms with Gasteiger partial charge in [0.05, 0.1) is 7.11 Å². The number of esters is 1. The Bertz CT molecular complexity index is 173. The summed E-state index contributed by atoms with van der Waals surface area (Å²) in [4.78, 5) is 11.4. The number of hydrogen-bond donors (Lipinski definition) is 0. The Morgan fingerprint density at radius 3 is 1.64 bits per heavy atom. The standard InChI is InChI=1S/C8H16O6/c1-10-6(9)8(13-4,14-5)7(11-2)12-3/h7H,1-5H3. The molecule has 0 atom stereocenters. The number of carbonyl (C=O) groups excluding carboxylic acids is 1. The highest BCUT2D eigenvalue weighted by Crippen LogP contribution is 2.21. The van der Waals surface area contributed by atoms with E-state index in [1.165, 1.54) is 35.5 Å². The SMILES string of the molecule is COC(=O)C(OC)(OC)C(OC)OC. The quantitative estimate of drug-likeness (QED) is 0.443. The number of methoxy groups -OCH3 is 5. The summed E-state index contributed by atoms with van der Waals surface area (Å²) in [5.41, 5.74) is 0. The van der Waals surface area contributed by atoms with Crippen LogP contribution in [-0.2, 0) is 28.5 Å². The molecule has 6 nitrogen and oxygen atoms in total. The number of hydrogen-bond acceptors (Lipinski definition) is 6. The second-order valence-corrected chi connectivity index (χ2v) is 2.37.